The van der Waals surface area contributed by atoms with Gasteiger partial charge in [-0.2, -0.15) is 9.61 Å². The van der Waals surface area contributed by atoms with Crippen LogP contribution in [0.25, 0.3) is 16.9 Å². The van der Waals surface area contributed by atoms with Crippen LogP contribution in [-0.4, -0.2) is 19.8 Å². The zero-order valence-electron chi connectivity index (χ0n) is 14.2. The predicted molar refractivity (Wildman–Crippen MR) is 102 cm³/mol. The van der Waals surface area contributed by atoms with Crippen LogP contribution in [0.3, 0.4) is 0 Å². The highest BCUT2D eigenvalue weighted by atomic mass is 32.2. The largest absolute Gasteiger partial charge is 0.212 e. The van der Waals surface area contributed by atoms with Gasteiger partial charge in [0.05, 0.1) is 5.69 Å². The Kier molecular flexibility index (Phi) is 4.24. The molecule has 2 aromatic carbocycles. The molecule has 4 nitrogen and oxygen atoms in total. The van der Waals surface area contributed by atoms with E-state index in [0.717, 1.165) is 27.8 Å². The maximum Gasteiger partial charge on any atom is 0.212 e. The van der Waals surface area contributed by atoms with Crippen molar-refractivity contribution in [1.82, 2.24) is 19.8 Å². The molecule has 0 spiro atoms. The third-order valence-corrected chi connectivity index (χ3v) is 5.02. The van der Waals surface area contributed by atoms with Crippen LogP contribution >= 0.6 is 11.8 Å². The molecule has 0 amide bonds. The molecule has 2 aromatic heterocycles. The van der Waals surface area contributed by atoms with Crippen LogP contribution in [0.2, 0.25) is 0 Å². The van der Waals surface area contributed by atoms with E-state index in [9.17, 15) is 0 Å². The molecule has 124 valence electrons. The average molecular weight is 346 g/mol. The second kappa shape index (κ2) is 6.69. The zero-order chi connectivity index (χ0) is 17.2. The zero-order valence-corrected chi connectivity index (χ0v) is 15.0. The van der Waals surface area contributed by atoms with Crippen molar-refractivity contribution in [2.45, 2.75) is 24.8 Å². The topological polar surface area (TPSA) is 43.1 Å². The first-order chi connectivity index (χ1) is 12.2. The molecule has 25 heavy (non-hydrogen) atoms. The summed E-state index contributed by atoms with van der Waals surface area (Å²) in [5.74, 6) is 0.846. The van der Waals surface area contributed by atoms with Crippen LogP contribution in [0.15, 0.2) is 65.8 Å². The average Bonchev–Trinajstić information content (AvgIpc) is 3.03. The molecule has 5 heteroatoms. The molecule has 4 aromatic rings. The van der Waals surface area contributed by atoms with Crippen molar-refractivity contribution >= 4 is 17.4 Å². The molecule has 0 N–H and O–H groups in total. The molecule has 0 bridgehead atoms. The van der Waals surface area contributed by atoms with Crippen molar-refractivity contribution in [3.8, 4) is 11.3 Å². The maximum absolute atomic E-state index is 4.74. The van der Waals surface area contributed by atoms with Gasteiger partial charge in [0.1, 0.15) is 0 Å². The van der Waals surface area contributed by atoms with Gasteiger partial charge in [-0.3, -0.25) is 0 Å². The minimum absolute atomic E-state index is 0.766. The quantitative estimate of drug-likeness (QED) is 0.502. The summed E-state index contributed by atoms with van der Waals surface area (Å²) in [6.07, 6.45) is 0. The van der Waals surface area contributed by atoms with Crippen molar-refractivity contribution in [3.05, 3.63) is 77.4 Å². The predicted octanol–water partition coefficient (Wildman–Crippen LogP) is 4.70. The number of benzene rings is 2. The van der Waals surface area contributed by atoms with Crippen molar-refractivity contribution < 1.29 is 0 Å². The molecular weight excluding hydrogens is 328 g/mol. The molecular formula is C20H18N4S. The lowest BCUT2D eigenvalue weighted by molar-refractivity contribution is 0.813. The van der Waals surface area contributed by atoms with Crippen molar-refractivity contribution in [1.29, 1.82) is 0 Å². The lowest BCUT2D eigenvalue weighted by atomic mass is 10.1. The Bertz CT molecular complexity index is 1020. The van der Waals surface area contributed by atoms with Gasteiger partial charge in [0.25, 0.3) is 0 Å². The fraction of sp³-hybridized carbons (Fsp3) is 0.150. The van der Waals surface area contributed by atoms with Crippen molar-refractivity contribution in [2.24, 2.45) is 0 Å². The van der Waals surface area contributed by atoms with Gasteiger partial charge >= 0.3 is 0 Å². The Hall–Kier alpha value is -2.66. The van der Waals surface area contributed by atoms with E-state index < -0.39 is 0 Å². The molecule has 0 aliphatic carbocycles. The molecule has 0 atom stereocenters. The summed E-state index contributed by atoms with van der Waals surface area (Å²) in [7, 11) is 0. The van der Waals surface area contributed by atoms with Gasteiger partial charge in [0.2, 0.25) is 5.16 Å². The highest BCUT2D eigenvalue weighted by Gasteiger charge is 2.09. The van der Waals surface area contributed by atoms with Gasteiger partial charge in [0, 0.05) is 11.3 Å². The third kappa shape index (κ3) is 3.42. The minimum Gasteiger partial charge on any atom is -0.187 e. The lowest BCUT2D eigenvalue weighted by Crippen LogP contribution is -1.96. The molecule has 0 saturated carbocycles. The molecule has 0 fully saturated rings. The normalized spacial score (nSPS) is 11.1. The molecule has 2 heterocycles. The smallest absolute Gasteiger partial charge is 0.187 e. The molecule has 0 aliphatic rings. The SMILES string of the molecule is Cc1ccc(-c2ccc3nnc(SCc4cccc(C)c4)n3n2)cc1. The standard InChI is InChI=1S/C20H18N4S/c1-14-6-8-17(9-7-14)18-10-11-19-21-22-20(24(19)23-18)25-13-16-5-3-4-15(2)12-16/h3-12H,13H2,1-2H3. The summed E-state index contributed by atoms with van der Waals surface area (Å²) >= 11 is 1.65. The van der Waals surface area contributed by atoms with Crippen molar-refractivity contribution in [3.63, 3.8) is 0 Å². The van der Waals surface area contributed by atoms with E-state index >= 15 is 0 Å². The Labute approximate surface area is 150 Å². The van der Waals surface area contributed by atoms with E-state index in [0.29, 0.717) is 0 Å². The second-order valence-corrected chi connectivity index (χ2v) is 7.06. The summed E-state index contributed by atoms with van der Waals surface area (Å²) in [5.41, 5.74) is 6.56. The first kappa shape index (κ1) is 15.8. The van der Waals surface area contributed by atoms with Gasteiger partial charge in [-0.15, -0.1) is 10.2 Å². The summed E-state index contributed by atoms with van der Waals surface area (Å²) in [5, 5.41) is 14.1. The minimum atomic E-state index is 0.766. The maximum atomic E-state index is 4.74. The number of thioether (sulfide) groups is 1. The Morgan fingerprint density at radius 1 is 0.880 bits per heavy atom. The third-order valence-electron chi connectivity index (χ3n) is 4.03. The number of aryl methyl sites for hydroxylation is 2. The van der Waals surface area contributed by atoms with Crippen LogP contribution in [0.4, 0.5) is 0 Å². The Morgan fingerprint density at radius 2 is 1.72 bits per heavy atom. The van der Waals surface area contributed by atoms with Crippen LogP contribution in [0.5, 0.6) is 0 Å². The number of nitrogens with zero attached hydrogens (tertiary/aromatic N) is 4. The lowest BCUT2D eigenvalue weighted by Gasteiger charge is -2.04. The fourth-order valence-electron chi connectivity index (χ4n) is 2.69. The summed E-state index contributed by atoms with van der Waals surface area (Å²) in [6.45, 7) is 4.19. The van der Waals surface area contributed by atoms with Crippen LogP contribution < -0.4 is 0 Å². The van der Waals surface area contributed by atoms with E-state index in [-0.39, 0.29) is 0 Å². The summed E-state index contributed by atoms with van der Waals surface area (Å²) in [6, 6.07) is 20.9. The van der Waals surface area contributed by atoms with Crippen LogP contribution in [0, 0.1) is 13.8 Å². The van der Waals surface area contributed by atoms with Gasteiger partial charge in [0.15, 0.2) is 5.65 Å². The number of rotatable bonds is 4. The van der Waals surface area contributed by atoms with Gasteiger partial charge in [-0.25, -0.2) is 0 Å². The van der Waals surface area contributed by atoms with Crippen LogP contribution in [0.1, 0.15) is 16.7 Å². The van der Waals surface area contributed by atoms with E-state index in [2.05, 4.69) is 72.6 Å². The summed E-state index contributed by atoms with van der Waals surface area (Å²) < 4.78 is 1.83. The molecule has 4 rings (SSSR count). The van der Waals surface area contributed by atoms with E-state index in [4.69, 9.17) is 5.10 Å². The van der Waals surface area contributed by atoms with Gasteiger partial charge in [-0.05, 0) is 31.5 Å². The monoisotopic (exact) mass is 346 g/mol. The van der Waals surface area contributed by atoms with Crippen LogP contribution in [-0.2, 0) is 5.75 Å². The molecule has 0 aliphatic heterocycles. The number of aromatic nitrogens is 4. The Balaban J connectivity index is 1.63. The van der Waals surface area contributed by atoms with E-state index in [1.54, 1.807) is 11.8 Å². The molecule has 0 radical (unpaired) electrons. The molecule has 0 unspecified atom stereocenters. The fourth-order valence-corrected chi connectivity index (χ4v) is 3.52. The molecule has 0 saturated heterocycles. The van der Waals surface area contributed by atoms with Gasteiger partial charge < -0.3 is 0 Å². The first-order valence-corrected chi connectivity index (χ1v) is 9.15. The number of hydrogen-bond donors (Lipinski definition) is 0. The highest BCUT2D eigenvalue weighted by Crippen LogP contribution is 2.23. The van der Waals surface area contributed by atoms with E-state index in [1.807, 2.05) is 16.6 Å². The number of fused-ring (bicyclic) bond motifs is 1. The Morgan fingerprint density at radius 3 is 2.52 bits per heavy atom. The van der Waals surface area contributed by atoms with Crippen molar-refractivity contribution in [2.75, 3.05) is 0 Å². The first-order valence-electron chi connectivity index (χ1n) is 8.17. The summed E-state index contributed by atoms with van der Waals surface area (Å²) in [4.78, 5) is 0. The van der Waals surface area contributed by atoms with Gasteiger partial charge in [-0.1, -0.05) is 71.4 Å². The van der Waals surface area contributed by atoms with E-state index in [1.165, 1.54) is 16.7 Å². The second-order valence-electron chi connectivity index (χ2n) is 6.11. The number of hydrogen-bond acceptors (Lipinski definition) is 4. The highest BCUT2D eigenvalue weighted by molar-refractivity contribution is 7.98.